The molecule has 0 aromatic rings. The minimum atomic E-state index is -0.272. The summed E-state index contributed by atoms with van der Waals surface area (Å²) in [6.07, 6.45) is 2.58. The molecule has 1 N–H and O–H groups in total. The van der Waals surface area contributed by atoms with Crippen molar-refractivity contribution in [2.24, 2.45) is 0 Å². The van der Waals surface area contributed by atoms with Crippen molar-refractivity contribution in [3.63, 3.8) is 0 Å². The Labute approximate surface area is 60.3 Å². The molecule has 2 heteroatoms. The molecular formula is C7H11ClO. The fourth-order valence-corrected chi connectivity index (χ4v) is 1.30. The highest BCUT2D eigenvalue weighted by Gasteiger charge is 2.15. The van der Waals surface area contributed by atoms with Gasteiger partial charge in [-0.2, -0.15) is 0 Å². The number of allylic oxidation sites excluding steroid dienone is 1. The van der Waals surface area contributed by atoms with Crippen molar-refractivity contribution < 1.29 is 5.11 Å². The Hall–Kier alpha value is -0.0100. The van der Waals surface area contributed by atoms with E-state index in [2.05, 4.69) is 0 Å². The second-order valence-electron chi connectivity index (χ2n) is 2.50. The van der Waals surface area contributed by atoms with Crippen LogP contribution in [0.3, 0.4) is 0 Å². The van der Waals surface area contributed by atoms with Gasteiger partial charge >= 0.3 is 0 Å². The van der Waals surface area contributed by atoms with Crippen molar-refractivity contribution >= 4 is 11.6 Å². The number of aliphatic hydroxyl groups is 1. The average molecular weight is 147 g/mol. The van der Waals surface area contributed by atoms with Gasteiger partial charge in [-0.3, -0.25) is 0 Å². The van der Waals surface area contributed by atoms with Crippen LogP contribution in [0, 0.1) is 0 Å². The zero-order valence-corrected chi connectivity index (χ0v) is 6.28. The lowest BCUT2D eigenvalue weighted by atomic mass is 9.98. The summed E-state index contributed by atoms with van der Waals surface area (Å²) in [4.78, 5) is 0. The van der Waals surface area contributed by atoms with Crippen LogP contribution >= 0.6 is 11.6 Å². The Bertz CT molecular complexity index is 140. The van der Waals surface area contributed by atoms with Crippen molar-refractivity contribution in [1.29, 1.82) is 0 Å². The quantitative estimate of drug-likeness (QED) is 0.555. The molecule has 1 atom stereocenters. The summed E-state index contributed by atoms with van der Waals surface area (Å²) in [5.41, 5.74) is 0.961. The van der Waals surface area contributed by atoms with E-state index in [0.29, 0.717) is 0 Å². The van der Waals surface area contributed by atoms with E-state index in [1.807, 2.05) is 6.92 Å². The Balaban J connectivity index is 2.72. The van der Waals surface area contributed by atoms with Gasteiger partial charge in [0.15, 0.2) is 0 Å². The zero-order valence-electron chi connectivity index (χ0n) is 5.52. The third-order valence-corrected chi connectivity index (χ3v) is 2.29. The van der Waals surface area contributed by atoms with Crippen molar-refractivity contribution in [2.75, 3.05) is 0 Å². The summed E-state index contributed by atoms with van der Waals surface area (Å²) in [5.74, 6) is 0. The smallest absolute Gasteiger partial charge is 0.0761 e. The van der Waals surface area contributed by atoms with E-state index in [4.69, 9.17) is 11.6 Å². The molecule has 9 heavy (non-hydrogen) atoms. The number of hydrogen-bond donors (Lipinski definition) is 1. The Morgan fingerprint density at radius 2 is 2.33 bits per heavy atom. The van der Waals surface area contributed by atoms with Gasteiger partial charge in [-0.25, -0.2) is 0 Å². The van der Waals surface area contributed by atoms with Gasteiger partial charge in [-0.1, -0.05) is 11.6 Å². The maximum absolute atomic E-state index is 9.21. The van der Waals surface area contributed by atoms with Gasteiger partial charge in [0.05, 0.1) is 6.10 Å². The molecule has 1 rings (SSSR count). The lowest BCUT2D eigenvalue weighted by Crippen LogP contribution is -2.13. The molecule has 0 saturated carbocycles. The maximum atomic E-state index is 9.21. The van der Waals surface area contributed by atoms with Gasteiger partial charge in [-0.05, 0) is 31.8 Å². The molecule has 1 nitrogen and oxygen atoms in total. The van der Waals surface area contributed by atoms with Crippen molar-refractivity contribution in [3.05, 3.63) is 10.6 Å². The first kappa shape index (κ1) is 7.10. The van der Waals surface area contributed by atoms with Crippen LogP contribution in [0.2, 0.25) is 0 Å². The number of rotatable bonds is 0. The van der Waals surface area contributed by atoms with Gasteiger partial charge in [0, 0.05) is 5.03 Å². The average Bonchev–Trinajstić information content (AvgIpc) is 1.83. The first-order chi connectivity index (χ1) is 4.22. The molecule has 0 amide bonds. The predicted molar refractivity (Wildman–Crippen MR) is 38.4 cm³/mol. The standard InChI is InChI=1S/C7H11ClO/c1-5-6(8)3-2-4-7(5)9/h7,9H,2-4H2,1H3/t7-/m1/s1. The lowest BCUT2D eigenvalue weighted by Gasteiger charge is -2.18. The van der Waals surface area contributed by atoms with Crippen molar-refractivity contribution in [3.8, 4) is 0 Å². The lowest BCUT2D eigenvalue weighted by molar-refractivity contribution is 0.190. The zero-order chi connectivity index (χ0) is 6.85. The highest BCUT2D eigenvalue weighted by atomic mass is 35.5. The third kappa shape index (κ3) is 1.46. The molecule has 0 saturated heterocycles. The molecule has 1 aliphatic rings. The summed E-state index contributed by atoms with van der Waals surface area (Å²) < 4.78 is 0. The Kier molecular flexibility index (Phi) is 2.14. The normalized spacial score (nSPS) is 29.0. The summed E-state index contributed by atoms with van der Waals surface area (Å²) in [7, 11) is 0. The van der Waals surface area contributed by atoms with E-state index in [1.54, 1.807) is 0 Å². The van der Waals surface area contributed by atoms with Crippen LogP contribution in [0.15, 0.2) is 10.6 Å². The van der Waals surface area contributed by atoms with E-state index in [0.717, 1.165) is 29.9 Å². The third-order valence-electron chi connectivity index (χ3n) is 1.80. The van der Waals surface area contributed by atoms with Gasteiger partial charge in [-0.15, -0.1) is 0 Å². The molecule has 0 bridgehead atoms. The minimum Gasteiger partial charge on any atom is -0.389 e. The van der Waals surface area contributed by atoms with Crippen LogP contribution in [0.25, 0.3) is 0 Å². The molecule has 0 aromatic heterocycles. The molecule has 1 aliphatic carbocycles. The number of hydrogen-bond acceptors (Lipinski definition) is 1. The molecule has 0 radical (unpaired) electrons. The first-order valence-corrected chi connectivity index (χ1v) is 3.63. The van der Waals surface area contributed by atoms with E-state index in [-0.39, 0.29) is 6.10 Å². The predicted octanol–water partition coefficient (Wildman–Crippen LogP) is 2.04. The minimum absolute atomic E-state index is 0.272. The molecule has 0 aromatic carbocycles. The Morgan fingerprint density at radius 1 is 1.67 bits per heavy atom. The monoisotopic (exact) mass is 146 g/mol. The van der Waals surface area contributed by atoms with Crippen LogP contribution in [-0.2, 0) is 0 Å². The first-order valence-electron chi connectivity index (χ1n) is 3.25. The van der Waals surface area contributed by atoms with Crippen LogP contribution in [-0.4, -0.2) is 11.2 Å². The molecule has 0 heterocycles. The van der Waals surface area contributed by atoms with Gasteiger partial charge < -0.3 is 5.11 Å². The summed E-state index contributed by atoms with van der Waals surface area (Å²) in [6.45, 7) is 1.90. The largest absolute Gasteiger partial charge is 0.389 e. The molecule has 52 valence electrons. The molecule has 0 aliphatic heterocycles. The van der Waals surface area contributed by atoms with Crippen molar-refractivity contribution in [1.82, 2.24) is 0 Å². The molecular weight excluding hydrogens is 136 g/mol. The van der Waals surface area contributed by atoms with Crippen LogP contribution < -0.4 is 0 Å². The fraction of sp³-hybridized carbons (Fsp3) is 0.714. The van der Waals surface area contributed by atoms with Crippen LogP contribution in [0.5, 0.6) is 0 Å². The van der Waals surface area contributed by atoms with E-state index in [1.165, 1.54) is 0 Å². The SMILES string of the molecule is CC1=C(Cl)CCC[C@H]1O. The topological polar surface area (TPSA) is 20.2 Å². The Morgan fingerprint density at radius 3 is 2.78 bits per heavy atom. The summed E-state index contributed by atoms with van der Waals surface area (Å²) in [5, 5.41) is 10.1. The van der Waals surface area contributed by atoms with E-state index in [9.17, 15) is 5.11 Å². The summed E-state index contributed by atoms with van der Waals surface area (Å²) >= 11 is 5.78. The van der Waals surface area contributed by atoms with E-state index >= 15 is 0 Å². The van der Waals surface area contributed by atoms with Crippen LogP contribution in [0.4, 0.5) is 0 Å². The fourth-order valence-electron chi connectivity index (χ4n) is 1.05. The van der Waals surface area contributed by atoms with Crippen molar-refractivity contribution in [2.45, 2.75) is 32.3 Å². The van der Waals surface area contributed by atoms with Gasteiger partial charge in [0.25, 0.3) is 0 Å². The second kappa shape index (κ2) is 2.72. The molecule has 0 fully saturated rings. The molecule has 0 unspecified atom stereocenters. The number of aliphatic hydroxyl groups excluding tert-OH is 1. The van der Waals surface area contributed by atoms with Gasteiger partial charge in [0.1, 0.15) is 0 Å². The summed E-state index contributed by atoms with van der Waals surface area (Å²) in [6, 6.07) is 0. The molecule has 0 spiro atoms. The van der Waals surface area contributed by atoms with Gasteiger partial charge in [0.2, 0.25) is 0 Å². The number of halogens is 1. The van der Waals surface area contributed by atoms with Crippen LogP contribution in [0.1, 0.15) is 26.2 Å². The van der Waals surface area contributed by atoms with E-state index < -0.39 is 0 Å². The highest BCUT2D eigenvalue weighted by molar-refractivity contribution is 6.30. The highest BCUT2D eigenvalue weighted by Crippen LogP contribution is 2.26. The second-order valence-corrected chi connectivity index (χ2v) is 2.95. The maximum Gasteiger partial charge on any atom is 0.0761 e.